The number of rotatable bonds is 3. The number of ketones is 1. The van der Waals surface area contributed by atoms with Crippen LogP contribution in [-0.2, 0) is 0 Å². The smallest absolute Gasteiger partial charge is 0.259 e. The van der Waals surface area contributed by atoms with Crippen molar-refractivity contribution >= 4 is 22.8 Å². The summed E-state index contributed by atoms with van der Waals surface area (Å²) in [7, 11) is 0. The van der Waals surface area contributed by atoms with Crippen LogP contribution in [0.4, 0.5) is 0 Å². The van der Waals surface area contributed by atoms with E-state index >= 15 is 0 Å². The van der Waals surface area contributed by atoms with Gasteiger partial charge in [-0.15, -0.1) is 0 Å². The minimum Gasteiger partial charge on any atom is -0.321 e. The molecule has 3 nitrogen and oxygen atoms in total. The van der Waals surface area contributed by atoms with Crippen LogP contribution >= 0.6 is 0 Å². The van der Waals surface area contributed by atoms with Crippen LogP contribution in [0.15, 0.2) is 53.3 Å². The Bertz CT molecular complexity index is 1010. The maximum atomic E-state index is 12.5. The fraction of sp³-hybridized carbons (Fsp3) is 0.143. The molecule has 3 heteroatoms. The van der Waals surface area contributed by atoms with Gasteiger partial charge >= 0.3 is 0 Å². The highest BCUT2D eigenvalue weighted by molar-refractivity contribution is 6.09. The Morgan fingerprint density at radius 2 is 1.62 bits per heavy atom. The highest BCUT2D eigenvalue weighted by atomic mass is 16.1. The SMILES string of the molecule is Cc1ccc(C=CC(=O)c2c(C)c3ccc(C)cc3[nH]c2=O)cc1. The standard InChI is InChI=1S/C21H19NO2/c1-13-4-7-16(8-5-13)9-11-19(23)20-15(3)17-10-6-14(2)12-18(17)22-21(20)24/h4-12H,1-3H3,(H,22,24). The molecule has 0 aliphatic rings. The molecule has 24 heavy (non-hydrogen) atoms. The van der Waals surface area contributed by atoms with Crippen molar-refractivity contribution in [3.8, 4) is 0 Å². The topological polar surface area (TPSA) is 49.9 Å². The minimum atomic E-state index is -0.343. The number of hydrogen-bond donors (Lipinski definition) is 1. The average molecular weight is 317 g/mol. The van der Waals surface area contributed by atoms with E-state index in [-0.39, 0.29) is 16.9 Å². The Balaban J connectivity index is 2.02. The molecule has 0 fully saturated rings. The minimum absolute atomic E-state index is 0.203. The lowest BCUT2D eigenvalue weighted by atomic mass is 10.00. The second-order valence-corrected chi connectivity index (χ2v) is 6.11. The molecule has 1 aromatic heterocycles. The van der Waals surface area contributed by atoms with Crippen LogP contribution in [0.5, 0.6) is 0 Å². The van der Waals surface area contributed by atoms with Gasteiger partial charge in [-0.3, -0.25) is 9.59 Å². The molecule has 3 aromatic rings. The van der Waals surface area contributed by atoms with Gasteiger partial charge in [-0.2, -0.15) is 0 Å². The number of benzene rings is 2. The summed E-state index contributed by atoms with van der Waals surface area (Å²) >= 11 is 0. The van der Waals surface area contributed by atoms with E-state index in [1.54, 1.807) is 6.08 Å². The number of aryl methyl sites for hydroxylation is 3. The van der Waals surface area contributed by atoms with E-state index in [2.05, 4.69) is 4.98 Å². The number of fused-ring (bicyclic) bond motifs is 1. The van der Waals surface area contributed by atoms with Crippen LogP contribution in [0.2, 0.25) is 0 Å². The Kier molecular flexibility index (Phi) is 4.17. The highest BCUT2D eigenvalue weighted by Crippen LogP contribution is 2.19. The normalized spacial score (nSPS) is 11.3. The molecule has 1 heterocycles. The van der Waals surface area contributed by atoms with Gasteiger partial charge in [0.05, 0.1) is 5.56 Å². The summed E-state index contributed by atoms with van der Waals surface area (Å²) in [6.07, 6.45) is 3.20. The van der Waals surface area contributed by atoms with Gasteiger partial charge in [-0.05, 0) is 49.6 Å². The highest BCUT2D eigenvalue weighted by Gasteiger charge is 2.14. The van der Waals surface area contributed by atoms with Crippen molar-refractivity contribution in [1.29, 1.82) is 0 Å². The van der Waals surface area contributed by atoms with Crippen molar-refractivity contribution in [3.05, 3.63) is 86.7 Å². The molecule has 0 saturated carbocycles. The van der Waals surface area contributed by atoms with Gasteiger partial charge < -0.3 is 4.98 Å². The maximum absolute atomic E-state index is 12.5. The molecule has 0 amide bonds. The van der Waals surface area contributed by atoms with E-state index in [0.717, 1.165) is 27.6 Å². The summed E-state index contributed by atoms with van der Waals surface area (Å²) in [5.41, 5.74) is 4.49. The van der Waals surface area contributed by atoms with Crippen molar-refractivity contribution < 1.29 is 4.79 Å². The van der Waals surface area contributed by atoms with Crippen LogP contribution in [0, 0.1) is 20.8 Å². The number of hydrogen-bond acceptors (Lipinski definition) is 2. The number of carbonyl (C=O) groups excluding carboxylic acids is 1. The van der Waals surface area contributed by atoms with Crippen molar-refractivity contribution in [3.63, 3.8) is 0 Å². The number of aromatic nitrogens is 1. The molecule has 0 spiro atoms. The molecule has 0 bridgehead atoms. The Hall–Kier alpha value is -2.94. The summed E-state index contributed by atoms with van der Waals surface area (Å²) in [4.78, 5) is 27.7. The molecule has 2 aromatic carbocycles. The summed E-state index contributed by atoms with van der Waals surface area (Å²) < 4.78 is 0. The van der Waals surface area contributed by atoms with Gasteiger partial charge in [0.1, 0.15) is 0 Å². The third-order valence-corrected chi connectivity index (χ3v) is 4.18. The van der Waals surface area contributed by atoms with E-state index in [1.807, 2.05) is 63.2 Å². The number of nitrogens with one attached hydrogen (secondary N) is 1. The Labute approximate surface area is 140 Å². The average Bonchev–Trinajstić information content (AvgIpc) is 2.54. The lowest BCUT2D eigenvalue weighted by molar-refractivity contribution is 0.104. The first-order chi connectivity index (χ1) is 11.5. The largest absolute Gasteiger partial charge is 0.321 e. The van der Waals surface area contributed by atoms with Gasteiger partial charge in [0.2, 0.25) is 0 Å². The van der Waals surface area contributed by atoms with Crippen molar-refractivity contribution in [2.45, 2.75) is 20.8 Å². The van der Waals surface area contributed by atoms with Gasteiger partial charge in [0.25, 0.3) is 5.56 Å². The lowest BCUT2D eigenvalue weighted by Gasteiger charge is -2.07. The van der Waals surface area contributed by atoms with Crippen LogP contribution in [-0.4, -0.2) is 10.8 Å². The zero-order valence-electron chi connectivity index (χ0n) is 14.0. The van der Waals surface area contributed by atoms with E-state index in [0.29, 0.717) is 5.56 Å². The number of aromatic amines is 1. The van der Waals surface area contributed by atoms with Crippen LogP contribution in [0.25, 0.3) is 17.0 Å². The Morgan fingerprint density at radius 3 is 2.33 bits per heavy atom. The number of H-pyrrole nitrogens is 1. The maximum Gasteiger partial charge on any atom is 0.259 e. The number of allylic oxidation sites excluding steroid dienone is 1. The quantitative estimate of drug-likeness (QED) is 0.577. The first-order valence-corrected chi connectivity index (χ1v) is 7.88. The molecule has 3 rings (SSSR count). The van der Waals surface area contributed by atoms with E-state index < -0.39 is 0 Å². The van der Waals surface area contributed by atoms with E-state index in [4.69, 9.17) is 0 Å². The molecule has 0 aliphatic carbocycles. The first-order valence-electron chi connectivity index (χ1n) is 7.88. The molecule has 0 radical (unpaired) electrons. The molecule has 1 N–H and O–H groups in total. The summed E-state index contributed by atoms with van der Waals surface area (Å²) in [6.45, 7) is 5.80. The second kappa shape index (κ2) is 6.28. The fourth-order valence-electron chi connectivity index (χ4n) is 2.81. The van der Waals surface area contributed by atoms with Gasteiger partial charge in [-0.25, -0.2) is 0 Å². The van der Waals surface area contributed by atoms with Crippen molar-refractivity contribution in [1.82, 2.24) is 4.98 Å². The van der Waals surface area contributed by atoms with E-state index in [1.165, 1.54) is 6.08 Å². The monoisotopic (exact) mass is 317 g/mol. The van der Waals surface area contributed by atoms with Crippen molar-refractivity contribution in [2.75, 3.05) is 0 Å². The summed E-state index contributed by atoms with van der Waals surface area (Å²) in [5.74, 6) is -0.281. The van der Waals surface area contributed by atoms with Crippen LogP contribution < -0.4 is 5.56 Å². The molecule has 0 unspecified atom stereocenters. The van der Waals surface area contributed by atoms with Gasteiger partial charge in [0.15, 0.2) is 5.78 Å². The van der Waals surface area contributed by atoms with Crippen LogP contribution in [0.3, 0.4) is 0 Å². The van der Waals surface area contributed by atoms with Gasteiger partial charge in [-0.1, -0.05) is 48.0 Å². The third kappa shape index (κ3) is 3.06. The third-order valence-electron chi connectivity index (χ3n) is 4.18. The molecule has 0 aliphatic heterocycles. The van der Waals surface area contributed by atoms with E-state index in [9.17, 15) is 9.59 Å². The molecule has 0 saturated heterocycles. The fourth-order valence-corrected chi connectivity index (χ4v) is 2.81. The molecular formula is C21H19NO2. The van der Waals surface area contributed by atoms with Crippen LogP contribution in [0.1, 0.15) is 32.6 Å². The summed E-state index contributed by atoms with van der Waals surface area (Å²) in [5, 5.41) is 0.896. The predicted octanol–water partition coefficient (Wildman–Crippen LogP) is 4.35. The molecule has 120 valence electrons. The number of pyridine rings is 1. The molecular weight excluding hydrogens is 298 g/mol. The first kappa shape index (κ1) is 15.9. The zero-order valence-corrected chi connectivity index (χ0v) is 14.0. The van der Waals surface area contributed by atoms with Crippen molar-refractivity contribution in [2.24, 2.45) is 0 Å². The van der Waals surface area contributed by atoms with Gasteiger partial charge in [0, 0.05) is 10.9 Å². The lowest BCUT2D eigenvalue weighted by Crippen LogP contribution is -2.18. The summed E-state index contributed by atoms with van der Waals surface area (Å²) in [6, 6.07) is 13.7. The molecule has 0 atom stereocenters. The Morgan fingerprint density at radius 1 is 0.958 bits per heavy atom. The predicted molar refractivity (Wildman–Crippen MR) is 98.6 cm³/mol. The number of carbonyl (C=O) groups is 1. The second-order valence-electron chi connectivity index (χ2n) is 6.11. The zero-order chi connectivity index (χ0) is 17.3.